The van der Waals surface area contributed by atoms with E-state index in [-0.39, 0.29) is 5.97 Å². The molecule has 1 aromatic rings. The fraction of sp³-hybridized carbons (Fsp3) is 0.467. The lowest BCUT2D eigenvalue weighted by Crippen LogP contribution is -2.29. The third-order valence-electron chi connectivity index (χ3n) is 2.64. The van der Waals surface area contributed by atoms with Gasteiger partial charge in [0.2, 0.25) is 0 Å². The summed E-state index contributed by atoms with van der Waals surface area (Å²) in [5, 5.41) is 6.77. The zero-order chi connectivity index (χ0) is 15.0. The average Bonchev–Trinajstić information content (AvgIpc) is 2.38. The molecule has 0 amide bonds. The second-order valence-electron chi connectivity index (χ2n) is 4.86. The van der Waals surface area contributed by atoms with E-state index in [4.69, 9.17) is 17.0 Å². The molecule has 0 saturated carbocycles. The van der Waals surface area contributed by atoms with E-state index in [2.05, 4.69) is 24.5 Å². The normalized spacial score (nSPS) is 10.2. The molecule has 0 spiro atoms. The van der Waals surface area contributed by atoms with Gasteiger partial charge in [-0.25, -0.2) is 4.79 Å². The molecule has 0 aliphatic rings. The van der Waals surface area contributed by atoms with Gasteiger partial charge in [0.25, 0.3) is 0 Å². The molecule has 4 nitrogen and oxygen atoms in total. The van der Waals surface area contributed by atoms with Gasteiger partial charge in [-0.2, -0.15) is 0 Å². The summed E-state index contributed by atoms with van der Waals surface area (Å²) in [5.74, 6) is 0.312. The number of nitrogens with one attached hydrogen (secondary N) is 2. The van der Waals surface area contributed by atoms with Crippen LogP contribution in [0.1, 0.15) is 37.6 Å². The Balaban J connectivity index is 2.53. The Morgan fingerprint density at radius 2 is 2.15 bits per heavy atom. The van der Waals surface area contributed by atoms with Gasteiger partial charge < -0.3 is 15.4 Å². The predicted octanol–water partition coefficient (Wildman–Crippen LogP) is 3.20. The number of carbonyl (C=O) groups is 1. The van der Waals surface area contributed by atoms with Crippen molar-refractivity contribution in [1.29, 1.82) is 0 Å². The zero-order valence-electron chi connectivity index (χ0n) is 12.2. The van der Waals surface area contributed by atoms with Crippen LogP contribution in [-0.4, -0.2) is 24.2 Å². The number of esters is 1. The molecular formula is C15H22N2O2S. The maximum absolute atomic E-state index is 11.6. The quantitative estimate of drug-likeness (QED) is 0.623. The van der Waals surface area contributed by atoms with Gasteiger partial charge in [0.15, 0.2) is 5.11 Å². The highest BCUT2D eigenvalue weighted by Crippen LogP contribution is 2.11. The Bertz CT molecular complexity index is 461. The molecular weight excluding hydrogens is 272 g/mol. The minimum Gasteiger partial charge on any atom is -0.462 e. The average molecular weight is 294 g/mol. The summed E-state index contributed by atoms with van der Waals surface area (Å²) < 4.78 is 4.96. The smallest absolute Gasteiger partial charge is 0.338 e. The molecule has 0 atom stereocenters. The molecule has 0 aromatic heterocycles. The van der Waals surface area contributed by atoms with E-state index in [9.17, 15) is 4.79 Å². The molecule has 20 heavy (non-hydrogen) atoms. The minimum absolute atomic E-state index is 0.324. The molecule has 1 aromatic carbocycles. The minimum atomic E-state index is -0.324. The Morgan fingerprint density at radius 3 is 2.80 bits per heavy atom. The van der Waals surface area contributed by atoms with Gasteiger partial charge in [-0.1, -0.05) is 19.9 Å². The molecule has 0 bridgehead atoms. The van der Waals surface area contributed by atoms with E-state index in [1.807, 2.05) is 6.07 Å². The molecule has 0 fully saturated rings. The highest BCUT2D eigenvalue weighted by molar-refractivity contribution is 7.80. The highest BCUT2D eigenvalue weighted by atomic mass is 32.1. The second kappa shape index (κ2) is 8.53. The van der Waals surface area contributed by atoms with Crippen molar-refractivity contribution in [3.05, 3.63) is 29.8 Å². The van der Waals surface area contributed by atoms with Crippen LogP contribution in [0.15, 0.2) is 24.3 Å². The van der Waals surface area contributed by atoms with E-state index >= 15 is 0 Å². The first-order valence-corrected chi connectivity index (χ1v) is 7.25. The van der Waals surface area contributed by atoms with Gasteiger partial charge >= 0.3 is 5.97 Å². The summed E-state index contributed by atoms with van der Waals surface area (Å²) in [6.45, 7) is 7.32. The lowest BCUT2D eigenvalue weighted by Gasteiger charge is -2.12. The van der Waals surface area contributed by atoms with Crippen molar-refractivity contribution < 1.29 is 9.53 Å². The molecule has 0 heterocycles. The first-order valence-electron chi connectivity index (χ1n) is 6.85. The predicted molar refractivity (Wildman–Crippen MR) is 86.1 cm³/mol. The third-order valence-corrected chi connectivity index (χ3v) is 2.89. The van der Waals surface area contributed by atoms with Gasteiger partial charge in [0.1, 0.15) is 0 Å². The molecule has 0 saturated heterocycles. The van der Waals surface area contributed by atoms with Gasteiger partial charge in [0, 0.05) is 12.2 Å². The van der Waals surface area contributed by atoms with Crippen LogP contribution in [0.3, 0.4) is 0 Å². The number of thiocarbonyl (C=S) groups is 1. The van der Waals surface area contributed by atoms with Crippen molar-refractivity contribution in [2.24, 2.45) is 5.92 Å². The Labute approximate surface area is 125 Å². The van der Waals surface area contributed by atoms with Crippen molar-refractivity contribution >= 4 is 29.0 Å². The summed E-state index contributed by atoms with van der Waals surface area (Å²) in [4.78, 5) is 11.6. The van der Waals surface area contributed by atoms with Crippen LogP contribution < -0.4 is 10.6 Å². The van der Waals surface area contributed by atoms with Crippen molar-refractivity contribution in [1.82, 2.24) is 5.32 Å². The molecule has 110 valence electrons. The largest absolute Gasteiger partial charge is 0.462 e. The van der Waals surface area contributed by atoms with Crippen molar-refractivity contribution in [3.63, 3.8) is 0 Å². The summed E-state index contributed by atoms with van der Waals surface area (Å²) in [5.41, 5.74) is 1.29. The summed E-state index contributed by atoms with van der Waals surface area (Å²) in [7, 11) is 0. The van der Waals surface area contributed by atoms with Crippen molar-refractivity contribution in [2.75, 3.05) is 18.5 Å². The standard InChI is InChI=1S/C15H22N2O2S/c1-4-19-14(18)12-6-5-7-13(10-12)17-15(20)16-9-8-11(2)3/h5-7,10-11H,4,8-9H2,1-3H3,(H2,16,17,20). The fourth-order valence-electron chi connectivity index (χ4n) is 1.59. The number of hydrogen-bond donors (Lipinski definition) is 2. The van der Waals surface area contributed by atoms with Crippen LogP contribution in [0.2, 0.25) is 0 Å². The number of anilines is 1. The van der Waals surface area contributed by atoms with E-state index in [1.165, 1.54) is 0 Å². The first kappa shape index (κ1) is 16.4. The number of benzene rings is 1. The van der Waals surface area contributed by atoms with E-state index < -0.39 is 0 Å². The SMILES string of the molecule is CCOC(=O)c1cccc(NC(=S)NCCC(C)C)c1. The summed E-state index contributed by atoms with van der Waals surface area (Å²) in [6.07, 6.45) is 1.06. The van der Waals surface area contributed by atoms with Gasteiger partial charge in [-0.05, 0) is 49.7 Å². The summed E-state index contributed by atoms with van der Waals surface area (Å²) >= 11 is 5.21. The molecule has 0 radical (unpaired) electrons. The Kier molecular flexibility index (Phi) is 7.01. The van der Waals surface area contributed by atoms with Crippen molar-refractivity contribution in [2.45, 2.75) is 27.2 Å². The number of carbonyl (C=O) groups excluding carboxylic acids is 1. The lowest BCUT2D eigenvalue weighted by molar-refractivity contribution is 0.0526. The molecule has 0 aliphatic heterocycles. The first-order chi connectivity index (χ1) is 9.52. The molecule has 0 aliphatic carbocycles. The molecule has 1 rings (SSSR count). The maximum Gasteiger partial charge on any atom is 0.338 e. The Morgan fingerprint density at radius 1 is 1.40 bits per heavy atom. The van der Waals surface area contributed by atoms with Crippen LogP contribution in [-0.2, 0) is 4.74 Å². The number of rotatable bonds is 6. The van der Waals surface area contributed by atoms with E-state index in [0.29, 0.717) is 23.2 Å². The zero-order valence-corrected chi connectivity index (χ0v) is 13.0. The lowest BCUT2D eigenvalue weighted by atomic mass is 10.1. The third kappa shape index (κ3) is 6.02. The van der Waals surface area contributed by atoms with Crippen LogP contribution in [0.25, 0.3) is 0 Å². The Hall–Kier alpha value is -1.62. The number of hydrogen-bond acceptors (Lipinski definition) is 3. The van der Waals surface area contributed by atoms with Crippen LogP contribution in [0.5, 0.6) is 0 Å². The number of ether oxygens (including phenoxy) is 1. The van der Waals surface area contributed by atoms with Gasteiger partial charge in [0.05, 0.1) is 12.2 Å². The van der Waals surface area contributed by atoms with E-state index in [1.54, 1.807) is 25.1 Å². The van der Waals surface area contributed by atoms with Crippen LogP contribution in [0, 0.1) is 5.92 Å². The van der Waals surface area contributed by atoms with Crippen LogP contribution in [0.4, 0.5) is 5.69 Å². The highest BCUT2D eigenvalue weighted by Gasteiger charge is 2.07. The summed E-state index contributed by atoms with van der Waals surface area (Å²) in [6, 6.07) is 7.11. The van der Waals surface area contributed by atoms with Gasteiger partial charge in [-0.3, -0.25) is 0 Å². The monoisotopic (exact) mass is 294 g/mol. The van der Waals surface area contributed by atoms with Crippen molar-refractivity contribution in [3.8, 4) is 0 Å². The fourth-order valence-corrected chi connectivity index (χ4v) is 1.81. The molecule has 0 unspecified atom stereocenters. The molecule has 2 N–H and O–H groups in total. The van der Waals surface area contributed by atoms with Crippen LogP contribution >= 0.6 is 12.2 Å². The van der Waals surface area contributed by atoms with E-state index in [0.717, 1.165) is 18.7 Å². The van der Waals surface area contributed by atoms with Gasteiger partial charge in [-0.15, -0.1) is 0 Å². The maximum atomic E-state index is 11.6. The second-order valence-corrected chi connectivity index (χ2v) is 5.27. The molecule has 5 heteroatoms. The topological polar surface area (TPSA) is 50.4 Å².